The number of hydrogen-bond donors (Lipinski definition) is 1. The van der Waals surface area contributed by atoms with E-state index in [1.165, 1.54) is 6.42 Å². The van der Waals surface area contributed by atoms with Crippen molar-refractivity contribution in [1.29, 1.82) is 0 Å². The maximum atomic E-state index is 5.79. The number of ether oxygens (including phenoxy) is 1. The van der Waals surface area contributed by atoms with E-state index in [0.717, 1.165) is 29.6 Å². The molecule has 1 fully saturated rings. The fourth-order valence-corrected chi connectivity index (χ4v) is 1.78. The van der Waals surface area contributed by atoms with Crippen molar-refractivity contribution in [3.8, 4) is 5.88 Å². The molecule has 78 valence electrons. The quantitative estimate of drug-likeness (QED) is 0.814. The van der Waals surface area contributed by atoms with E-state index in [-0.39, 0.29) is 0 Å². The molecule has 2 aromatic rings. The molecule has 0 unspecified atom stereocenters. The Morgan fingerprint density at radius 3 is 3.00 bits per heavy atom. The van der Waals surface area contributed by atoms with Gasteiger partial charge >= 0.3 is 0 Å². The molecule has 2 heterocycles. The smallest absolute Gasteiger partial charge is 0.241 e. The number of nitrogens with zero attached hydrogens (tertiary/aromatic N) is 2. The van der Waals surface area contributed by atoms with E-state index in [0.29, 0.717) is 12.0 Å². The minimum Gasteiger partial charge on any atom is -0.473 e. The SMILES string of the molecule is Cc1cc2ncnc(OC3CCC3)c2[nH]1. The highest BCUT2D eigenvalue weighted by molar-refractivity contribution is 5.80. The molecule has 0 amide bonds. The molecule has 1 saturated carbocycles. The van der Waals surface area contributed by atoms with Crippen molar-refractivity contribution in [2.24, 2.45) is 0 Å². The van der Waals surface area contributed by atoms with Crippen molar-refractivity contribution in [1.82, 2.24) is 15.0 Å². The Labute approximate surface area is 87.7 Å². The fraction of sp³-hybridized carbons (Fsp3) is 0.455. The third-order valence-electron chi connectivity index (χ3n) is 2.85. The van der Waals surface area contributed by atoms with Crippen molar-refractivity contribution in [2.75, 3.05) is 0 Å². The number of nitrogens with one attached hydrogen (secondary N) is 1. The van der Waals surface area contributed by atoms with Crippen LogP contribution in [0.5, 0.6) is 5.88 Å². The third kappa shape index (κ3) is 1.46. The summed E-state index contributed by atoms with van der Waals surface area (Å²) in [4.78, 5) is 11.6. The van der Waals surface area contributed by atoms with Crippen molar-refractivity contribution in [2.45, 2.75) is 32.3 Å². The lowest BCUT2D eigenvalue weighted by molar-refractivity contribution is 0.116. The predicted octanol–water partition coefficient (Wildman–Crippen LogP) is 2.20. The summed E-state index contributed by atoms with van der Waals surface area (Å²) in [6.07, 6.45) is 5.47. The second kappa shape index (κ2) is 3.22. The number of aryl methyl sites for hydroxylation is 1. The van der Waals surface area contributed by atoms with Gasteiger partial charge in [0.25, 0.3) is 0 Å². The average Bonchev–Trinajstić information content (AvgIpc) is 2.52. The largest absolute Gasteiger partial charge is 0.473 e. The minimum atomic E-state index is 0.353. The Morgan fingerprint density at radius 1 is 1.40 bits per heavy atom. The lowest BCUT2D eigenvalue weighted by Gasteiger charge is -2.25. The van der Waals surface area contributed by atoms with Crippen molar-refractivity contribution in [3.05, 3.63) is 18.1 Å². The summed E-state index contributed by atoms with van der Waals surface area (Å²) < 4.78 is 5.79. The number of aromatic amines is 1. The molecule has 1 aliphatic carbocycles. The van der Waals surface area contributed by atoms with Gasteiger partial charge in [0, 0.05) is 5.69 Å². The second-order valence-corrected chi connectivity index (χ2v) is 4.06. The number of rotatable bonds is 2. The molecule has 0 bridgehead atoms. The van der Waals surface area contributed by atoms with E-state index in [2.05, 4.69) is 15.0 Å². The van der Waals surface area contributed by atoms with Crippen molar-refractivity contribution >= 4 is 11.0 Å². The number of fused-ring (bicyclic) bond motifs is 1. The maximum Gasteiger partial charge on any atom is 0.241 e. The molecule has 2 aromatic heterocycles. The number of H-pyrrole nitrogens is 1. The molecule has 1 aliphatic rings. The second-order valence-electron chi connectivity index (χ2n) is 4.06. The van der Waals surface area contributed by atoms with Gasteiger partial charge in [0.2, 0.25) is 5.88 Å². The first-order valence-corrected chi connectivity index (χ1v) is 5.30. The highest BCUT2D eigenvalue weighted by atomic mass is 16.5. The number of aromatic nitrogens is 3. The van der Waals surface area contributed by atoms with Gasteiger partial charge in [-0.2, -0.15) is 4.98 Å². The molecule has 0 saturated heterocycles. The van der Waals surface area contributed by atoms with Gasteiger partial charge in [-0.15, -0.1) is 0 Å². The first-order chi connectivity index (χ1) is 7.33. The fourth-order valence-electron chi connectivity index (χ4n) is 1.78. The van der Waals surface area contributed by atoms with Gasteiger partial charge in [0.05, 0.1) is 5.52 Å². The van der Waals surface area contributed by atoms with Crippen LogP contribution in [-0.4, -0.2) is 21.1 Å². The zero-order chi connectivity index (χ0) is 10.3. The van der Waals surface area contributed by atoms with E-state index in [1.807, 2.05) is 13.0 Å². The first-order valence-electron chi connectivity index (χ1n) is 5.30. The standard InChI is InChI=1S/C11H13N3O/c1-7-5-9-10(14-7)11(13-6-12-9)15-8-3-2-4-8/h5-6,8,14H,2-4H2,1H3. The Hall–Kier alpha value is -1.58. The van der Waals surface area contributed by atoms with Crippen molar-refractivity contribution in [3.63, 3.8) is 0 Å². The van der Waals surface area contributed by atoms with Crippen LogP contribution in [0.3, 0.4) is 0 Å². The Morgan fingerprint density at radius 2 is 2.27 bits per heavy atom. The van der Waals surface area contributed by atoms with Gasteiger partial charge in [0.15, 0.2) is 0 Å². The van der Waals surface area contributed by atoms with Crippen LogP contribution in [0.2, 0.25) is 0 Å². The molecule has 4 heteroatoms. The van der Waals surface area contributed by atoms with Crippen LogP contribution in [0.4, 0.5) is 0 Å². The van der Waals surface area contributed by atoms with E-state index in [4.69, 9.17) is 4.74 Å². The monoisotopic (exact) mass is 203 g/mol. The van der Waals surface area contributed by atoms with Crippen LogP contribution >= 0.6 is 0 Å². The highest BCUT2D eigenvalue weighted by Crippen LogP contribution is 2.27. The number of hydrogen-bond acceptors (Lipinski definition) is 3. The van der Waals surface area contributed by atoms with E-state index in [9.17, 15) is 0 Å². The lowest BCUT2D eigenvalue weighted by atomic mass is 9.96. The molecule has 0 aromatic carbocycles. The Kier molecular flexibility index (Phi) is 1.87. The molecular formula is C11H13N3O. The van der Waals surface area contributed by atoms with Gasteiger partial charge < -0.3 is 9.72 Å². The van der Waals surface area contributed by atoms with Crippen LogP contribution in [0.1, 0.15) is 25.0 Å². The third-order valence-corrected chi connectivity index (χ3v) is 2.85. The molecule has 15 heavy (non-hydrogen) atoms. The van der Waals surface area contributed by atoms with Gasteiger partial charge in [-0.25, -0.2) is 4.98 Å². The molecular weight excluding hydrogens is 190 g/mol. The predicted molar refractivity (Wildman–Crippen MR) is 56.9 cm³/mol. The molecule has 4 nitrogen and oxygen atoms in total. The van der Waals surface area contributed by atoms with Crippen LogP contribution in [0.15, 0.2) is 12.4 Å². The molecule has 0 spiro atoms. The first kappa shape index (κ1) is 8.71. The molecule has 1 N–H and O–H groups in total. The summed E-state index contributed by atoms with van der Waals surface area (Å²) in [6.45, 7) is 2.01. The normalized spacial score (nSPS) is 16.6. The molecule has 0 aliphatic heterocycles. The van der Waals surface area contributed by atoms with Gasteiger partial charge in [-0.3, -0.25) is 0 Å². The zero-order valence-corrected chi connectivity index (χ0v) is 8.66. The van der Waals surface area contributed by atoms with E-state index < -0.39 is 0 Å². The summed E-state index contributed by atoms with van der Waals surface area (Å²) in [5.41, 5.74) is 2.93. The summed E-state index contributed by atoms with van der Waals surface area (Å²) >= 11 is 0. The van der Waals surface area contributed by atoms with E-state index in [1.54, 1.807) is 6.33 Å². The summed E-state index contributed by atoms with van der Waals surface area (Å²) in [6, 6.07) is 2.00. The molecule has 0 atom stereocenters. The van der Waals surface area contributed by atoms with Crippen LogP contribution in [0.25, 0.3) is 11.0 Å². The summed E-state index contributed by atoms with van der Waals surface area (Å²) in [5.74, 6) is 0.692. The van der Waals surface area contributed by atoms with Crippen LogP contribution in [-0.2, 0) is 0 Å². The Balaban J connectivity index is 2.00. The Bertz CT molecular complexity index is 488. The molecule has 0 radical (unpaired) electrons. The topological polar surface area (TPSA) is 50.8 Å². The lowest BCUT2D eigenvalue weighted by Crippen LogP contribution is -2.25. The van der Waals surface area contributed by atoms with Crippen molar-refractivity contribution < 1.29 is 4.74 Å². The summed E-state index contributed by atoms with van der Waals surface area (Å²) in [7, 11) is 0. The minimum absolute atomic E-state index is 0.353. The maximum absolute atomic E-state index is 5.79. The van der Waals surface area contributed by atoms with Gasteiger partial charge in [0.1, 0.15) is 17.9 Å². The zero-order valence-electron chi connectivity index (χ0n) is 8.66. The average molecular weight is 203 g/mol. The van der Waals surface area contributed by atoms with Crippen LogP contribution < -0.4 is 4.74 Å². The molecule has 3 rings (SSSR count). The van der Waals surface area contributed by atoms with Gasteiger partial charge in [-0.1, -0.05) is 0 Å². The summed E-state index contributed by atoms with van der Waals surface area (Å²) in [5, 5.41) is 0. The van der Waals surface area contributed by atoms with Gasteiger partial charge in [-0.05, 0) is 32.3 Å². The van der Waals surface area contributed by atoms with Crippen LogP contribution in [0, 0.1) is 6.92 Å². The highest BCUT2D eigenvalue weighted by Gasteiger charge is 2.21. The van der Waals surface area contributed by atoms with E-state index >= 15 is 0 Å².